The van der Waals surface area contributed by atoms with Crippen LogP contribution in [0.3, 0.4) is 0 Å². The number of esters is 1. The summed E-state index contributed by atoms with van der Waals surface area (Å²) >= 11 is 0. The van der Waals surface area contributed by atoms with Crippen molar-refractivity contribution >= 4 is 17.3 Å². The van der Waals surface area contributed by atoms with Gasteiger partial charge in [0.25, 0.3) is 5.69 Å². The van der Waals surface area contributed by atoms with Crippen LogP contribution in [0.15, 0.2) is 18.2 Å². The topological polar surface area (TPSA) is 102 Å². The molecule has 0 saturated carbocycles. The van der Waals surface area contributed by atoms with Crippen molar-refractivity contribution in [2.75, 3.05) is 19.0 Å². The van der Waals surface area contributed by atoms with Crippen molar-refractivity contribution in [3.05, 3.63) is 33.9 Å². The van der Waals surface area contributed by atoms with Crippen molar-refractivity contribution in [3.8, 4) is 0 Å². The van der Waals surface area contributed by atoms with Gasteiger partial charge >= 0.3 is 5.97 Å². The molecule has 1 atom stereocenters. The highest BCUT2D eigenvalue weighted by Gasteiger charge is 2.22. The van der Waals surface area contributed by atoms with E-state index in [2.05, 4.69) is 10.1 Å². The van der Waals surface area contributed by atoms with Gasteiger partial charge in [-0.15, -0.1) is 0 Å². The number of aliphatic hydroxyl groups excluding tert-OH is 1. The Labute approximate surface area is 104 Å². The molecule has 98 valence electrons. The number of carbonyl (C=O) groups excluding carboxylic acids is 1. The number of ether oxygens (including phenoxy) is 1. The Morgan fingerprint density at radius 2 is 2.28 bits per heavy atom. The number of methoxy groups -OCH3 is 1. The van der Waals surface area contributed by atoms with Crippen molar-refractivity contribution in [3.63, 3.8) is 0 Å². The molecule has 0 aliphatic heterocycles. The summed E-state index contributed by atoms with van der Waals surface area (Å²) < 4.78 is 4.47. The number of aryl methyl sites for hydroxylation is 1. The molecule has 1 unspecified atom stereocenters. The van der Waals surface area contributed by atoms with Gasteiger partial charge in [-0.05, 0) is 18.6 Å². The van der Waals surface area contributed by atoms with Gasteiger partial charge in [-0.2, -0.15) is 0 Å². The summed E-state index contributed by atoms with van der Waals surface area (Å²) in [6.45, 7) is 1.21. The third kappa shape index (κ3) is 3.17. The maximum Gasteiger partial charge on any atom is 0.330 e. The number of hydrogen-bond donors (Lipinski definition) is 2. The summed E-state index contributed by atoms with van der Waals surface area (Å²) in [5.41, 5.74) is 0.735. The van der Waals surface area contributed by atoms with E-state index in [4.69, 9.17) is 5.11 Å². The molecule has 7 nitrogen and oxygen atoms in total. The van der Waals surface area contributed by atoms with E-state index in [1.807, 2.05) is 0 Å². The number of nitro groups is 1. The summed E-state index contributed by atoms with van der Waals surface area (Å²) in [5, 5.41) is 22.5. The molecule has 0 radical (unpaired) electrons. The second kappa shape index (κ2) is 5.97. The van der Waals surface area contributed by atoms with Gasteiger partial charge in [0.15, 0.2) is 0 Å². The number of benzene rings is 1. The predicted molar refractivity (Wildman–Crippen MR) is 64.3 cm³/mol. The lowest BCUT2D eigenvalue weighted by Crippen LogP contribution is -2.34. The van der Waals surface area contributed by atoms with E-state index >= 15 is 0 Å². The fraction of sp³-hybridized carbons (Fsp3) is 0.364. The number of nitro benzene ring substituents is 1. The lowest BCUT2D eigenvalue weighted by atomic mass is 10.1. The number of carbonyl (C=O) groups is 1. The number of nitrogens with zero attached hydrogens (tertiary/aromatic N) is 1. The zero-order valence-corrected chi connectivity index (χ0v) is 10.0. The Kier molecular flexibility index (Phi) is 4.61. The Balaban J connectivity index is 3.02. The van der Waals surface area contributed by atoms with Crippen LogP contribution in [0.5, 0.6) is 0 Å². The third-order valence-electron chi connectivity index (χ3n) is 2.35. The molecule has 0 heterocycles. The van der Waals surface area contributed by atoms with E-state index in [0.29, 0.717) is 0 Å². The second-order valence-corrected chi connectivity index (χ2v) is 3.68. The van der Waals surface area contributed by atoms with Crippen LogP contribution >= 0.6 is 0 Å². The minimum absolute atomic E-state index is 0.155. The molecule has 1 aromatic carbocycles. The van der Waals surface area contributed by atoms with Crippen LogP contribution in [-0.4, -0.2) is 35.8 Å². The van der Waals surface area contributed by atoms with Crippen LogP contribution in [0.25, 0.3) is 0 Å². The summed E-state index contributed by atoms with van der Waals surface area (Å²) in [6.07, 6.45) is 0. The molecule has 0 saturated heterocycles. The normalized spacial score (nSPS) is 11.7. The molecule has 18 heavy (non-hydrogen) atoms. The average molecular weight is 254 g/mol. The first kappa shape index (κ1) is 13.9. The maximum absolute atomic E-state index is 11.3. The number of rotatable bonds is 5. The van der Waals surface area contributed by atoms with Gasteiger partial charge in [0.1, 0.15) is 11.7 Å². The monoisotopic (exact) mass is 254 g/mol. The molecule has 0 fully saturated rings. The van der Waals surface area contributed by atoms with Crippen LogP contribution in [0.2, 0.25) is 0 Å². The van der Waals surface area contributed by atoms with Gasteiger partial charge < -0.3 is 15.2 Å². The van der Waals surface area contributed by atoms with Crippen LogP contribution in [0.4, 0.5) is 11.4 Å². The quantitative estimate of drug-likeness (QED) is 0.459. The third-order valence-corrected chi connectivity index (χ3v) is 2.35. The predicted octanol–water partition coefficient (Wildman–Crippen LogP) is 0.849. The lowest BCUT2D eigenvalue weighted by Gasteiger charge is -2.15. The smallest absolute Gasteiger partial charge is 0.330 e. The second-order valence-electron chi connectivity index (χ2n) is 3.68. The van der Waals surface area contributed by atoms with Gasteiger partial charge in [0.2, 0.25) is 0 Å². The lowest BCUT2D eigenvalue weighted by molar-refractivity contribution is -0.384. The first-order chi connectivity index (χ1) is 8.49. The summed E-state index contributed by atoms with van der Waals surface area (Å²) in [7, 11) is 1.18. The molecular weight excluding hydrogens is 240 g/mol. The van der Waals surface area contributed by atoms with Gasteiger partial charge in [0.05, 0.1) is 18.6 Å². The van der Waals surface area contributed by atoms with Crippen LogP contribution in [0.1, 0.15) is 5.56 Å². The molecular formula is C11H14N2O5. The van der Waals surface area contributed by atoms with Gasteiger partial charge in [0, 0.05) is 6.07 Å². The van der Waals surface area contributed by atoms with E-state index in [-0.39, 0.29) is 11.4 Å². The summed E-state index contributed by atoms with van der Waals surface area (Å²) in [6, 6.07) is 3.50. The first-order valence-corrected chi connectivity index (χ1v) is 5.20. The van der Waals surface area contributed by atoms with Crippen molar-refractivity contribution in [1.29, 1.82) is 0 Å². The molecule has 7 heteroatoms. The molecule has 0 bridgehead atoms. The van der Waals surface area contributed by atoms with Crippen LogP contribution < -0.4 is 5.32 Å². The largest absolute Gasteiger partial charge is 0.467 e. The van der Waals surface area contributed by atoms with E-state index in [0.717, 1.165) is 5.56 Å². The Hall–Kier alpha value is -2.15. The average Bonchev–Trinajstić information content (AvgIpc) is 2.36. The molecule has 2 N–H and O–H groups in total. The van der Waals surface area contributed by atoms with Gasteiger partial charge in [-0.3, -0.25) is 10.1 Å². The fourth-order valence-electron chi connectivity index (χ4n) is 1.42. The van der Waals surface area contributed by atoms with Crippen LogP contribution in [-0.2, 0) is 9.53 Å². The summed E-state index contributed by atoms with van der Waals surface area (Å²) in [5.74, 6) is -0.688. The van der Waals surface area contributed by atoms with E-state index in [9.17, 15) is 14.9 Å². The van der Waals surface area contributed by atoms with Crippen molar-refractivity contribution in [1.82, 2.24) is 0 Å². The standard InChI is InChI=1S/C11H14N2O5/c1-7-3-4-8(10(5-7)13(16)17)12-9(6-14)11(15)18-2/h3-5,9,12,14H,6H2,1-2H3. The molecule has 0 spiro atoms. The Bertz CT molecular complexity index is 461. The molecule has 1 rings (SSSR count). The zero-order chi connectivity index (χ0) is 13.7. The number of aliphatic hydroxyl groups is 1. The van der Waals surface area contributed by atoms with Gasteiger partial charge in [-0.25, -0.2) is 4.79 Å². The van der Waals surface area contributed by atoms with E-state index in [1.165, 1.54) is 19.2 Å². The first-order valence-electron chi connectivity index (χ1n) is 5.20. The SMILES string of the molecule is COC(=O)C(CO)Nc1ccc(C)cc1[N+](=O)[O-]. The highest BCUT2D eigenvalue weighted by Crippen LogP contribution is 2.25. The van der Waals surface area contributed by atoms with Crippen molar-refractivity contribution < 1.29 is 19.6 Å². The highest BCUT2D eigenvalue weighted by atomic mass is 16.6. The van der Waals surface area contributed by atoms with Gasteiger partial charge in [-0.1, -0.05) is 6.07 Å². The molecule has 0 aliphatic carbocycles. The fourth-order valence-corrected chi connectivity index (χ4v) is 1.42. The minimum Gasteiger partial charge on any atom is -0.467 e. The Morgan fingerprint density at radius 3 is 2.78 bits per heavy atom. The van der Waals surface area contributed by atoms with Crippen molar-refractivity contribution in [2.45, 2.75) is 13.0 Å². The summed E-state index contributed by atoms with van der Waals surface area (Å²) in [4.78, 5) is 21.6. The molecule has 1 aromatic rings. The van der Waals surface area contributed by atoms with E-state index < -0.39 is 23.5 Å². The minimum atomic E-state index is -1.03. The Morgan fingerprint density at radius 1 is 1.61 bits per heavy atom. The highest BCUT2D eigenvalue weighted by molar-refractivity contribution is 5.80. The number of nitrogens with one attached hydrogen (secondary N) is 1. The van der Waals surface area contributed by atoms with Crippen molar-refractivity contribution in [2.24, 2.45) is 0 Å². The molecule has 0 aromatic heterocycles. The number of hydrogen-bond acceptors (Lipinski definition) is 6. The zero-order valence-electron chi connectivity index (χ0n) is 10.0. The molecule has 0 amide bonds. The van der Waals surface area contributed by atoms with E-state index in [1.54, 1.807) is 13.0 Å². The van der Waals surface area contributed by atoms with Crippen LogP contribution in [0, 0.1) is 17.0 Å². The number of anilines is 1. The molecule has 0 aliphatic rings. The maximum atomic E-state index is 11.3.